The lowest BCUT2D eigenvalue weighted by molar-refractivity contribution is -0.121. The van der Waals surface area contributed by atoms with E-state index in [1.165, 1.54) is 7.05 Å². The summed E-state index contributed by atoms with van der Waals surface area (Å²) in [5, 5.41) is 10.8. The van der Waals surface area contributed by atoms with Crippen LogP contribution in [0.3, 0.4) is 0 Å². The molecule has 0 bridgehead atoms. The number of amides is 1. The van der Waals surface area contributed by atoms with Crippen molar-refractivity contribution in [3.8, 4) is 0 Å². The lowest BCUT2D eigenvalue weighted by atomic mass is 10.3. The Morgan fingerprint density at radius 3 is 2.63 bits per heavy atom. The van der Waals surface area contributed by atoms with Gasteiger partial charge in [-0.05, 0) is 43.3 Å². The molecule has 1 N–H and O–H groups in total. The second-order valence-corrected chi connectivity index (χ2v) is 8.04. The Morgan fingerprint density at radius 1 is 1.22 bits per heavy atom. The van der Waals surface area contributed by atoms with Gasteiger partial charge in [-0.2, -0.15) is 4.31 Å². The van der Waals surface area contributed by atoms with Crippen LogP contribution in [-0.2, 0) is 14.8 Å². The first-order chi connectivity index (χ1) is 12.8. The van der Waals surface area contributed by atoms with E-state index < -0.39 is 27.8 Å². The maximum atomic E-state index is 13.0. The summed E-state index contributed by atoms with van der Waals surface area (Å²) in [6.45, 7) is 1.34. The summed E-state index contributed by atoms with van der Waals surface area (Å²) in [6.07, 6.45) is 1.78. The number of nitrogens with one attached hydrogen (secondary N) is 1. The fourth-order valence-corrected chi connectivity index (χ4v) is 3.71. The van der Waals surface area contributed by atoms with Crippen molar-refractivity contribution in [2.75, 3.05) is 13.6 Å². The largest absolute Gasteiger partial charge is 0.345 e. The lowest BCUT2D eigenvalue weighted by Gasteiger charge is -2.18. The molecule has 2 aromatic heterocycles. The van der Waals surface area contributed by atoms with Gasteiger partial charge in [0.1, 0.15) is 5.82 Å². The molecule has 0 saturated heterocycles. The number of aromatic nitrogens is 3. The van der Waals surface area contributed by atoms with Crippen LogP contribution in [0.2, 0.25) is 0 Å². The van der Waals surface area contributed by atoms with Crippen molar-refractivity contribution in [1.82, 2.24) is 24.2 Å². The molecule has 10 heteroatoms. The first-order valence-corrected chi connectivity index (χ1v) is 9.54. The number of carbonyl (C=O) groups is 1. The van der Waals surface area contributed by atoms with Gasteiger partial charge in [0.15, 0.2) is 11.5 Å². The van der Waals surface area contributed by atoms with E-state index in [4.69, 9.17) is 0 Å². The molecule has 0 radical (unpaired) electrons. The fraction of sp³-hybridized carbons (Fsp3) is 0.235. The first kappa shape index (κ1) is 18.9. The number of carbonyl (C=O) groups excluding carboxylic acids is 1. The summed E-state index contributed by atoms with van der Waals surface area (Å²) >= 11 is 0. The zero-order valence-corrected chi connectivity index (χ0v) is 15.5. The zero-order chi connectivity index (χ0) is 19.6. The van der Waals surface area contributed by atoms with Crippen molar-refractivity contribution in [3.05, 3.63) is 60.3 Å². The van der Waals surface area contributed by atoms with Crippen LogP contribution < -0.4 is 5.32 Å². The average Bonchev–Trinajstić information content (AvgIpc) is 3.06. The Morgan fingerprint density at radius 2 is 1.93 bits per heavy atom. The van der Waals surface area contributed by atoms with Crippen LogP contribution in [0.5, 0.6) is 0 Å². The molecule has 3 rings (SSSR count). The predicted octanol–water partition coefficient (Wildman–Crippen LogP) is 1.37. The molecular weight excluding hydrogens is 373 g/mol. The number of sulfonamides is 1. The van der Waals surface area contributed by atoms with Crippen LogP contribution in [0.25, 0.3) is 5.65 Å². The summed E-state index contributed by atoms with van der Waals surface area (Å²) < 4.78 is 40.6. The van der Waals surface area contributed by atoms with Gasteiger partial charge in [-0.25, -0.2) is 12.8 Å². The number of likely N-dealkylation sites (N-methyl/N-ethyl adjacent to an activating group) is 1. The minimum atomic E-state index is -3.90. The van der Waals surface area contributed by atoms with Crippen molar-refractivity contribution in [2.24, 2.45) is 0 Å². The monoisotopic (exact) mass is 391 g/mol. The van der Waals surface area contributed by atoms with Crippen LogP contribution in [0.1, 0.15) is 18.8 Å². The van der Waals surface area contributed by atoms with Crippen LogP contribution >= 0.6 is 0 Å². The third kappa shape index (κ3) is 3.96. The van der Waals surface area contributed by atoms with Gasteiger partial charge in [0.2, 0.25) is 15.9 Å². The zero-order valence-electron chi connectivity index (χ0n) is 14.7. The van der Waals surface area contributed by atoms with E-state index in [-0.39, 0.29) is 11.4 Å². The van der Waals surface area contributed by atoms with Gasteiger partial charge >= 0.3 is 0 Å². The standard InChI is InChI=1S/C17H18FN5O3S/c1-12(17-21-20-15-5-3-4-10-23(15)17)19-16(24)11-22(2)27(25,26)14-8-6-13(18)7-9-14/h3-10,12H,11H2,1-2H3,(H,19,24). The van der Waals surface area contributed by atoms with Crippen LogP contribution in [-0.4, -0.2) is 46.8 Å². The molecule has 27 heavy (non-hydrogen) atoms. The molecule has 0 aliphatic carbocycles. The normalized spacial score (nSPS) is 13.0. The van der Waals surface area contributed by atoms with Gasteiger partial charge in [0.25, 0.3) is 0 Å². The fourth-order valence-electron chi connectivity index (χ4n) is 2.58. The third-order valence-electron chi connectivity index (χ3n) is 3.99. The highest BCUT2D eigenvalue weighted by Gasteiger charge is 2.24. The highest BCUT2D eigenvalue weighted by Crippen LogP contribution is 2.15. The van der Waals surface area contributed by atoms with E-state index in [1.54, 1.807) is 23.6 Å². The smallest absolute Gasteiger partial charge is 0.243 e. The van der Waals surface area contributed by atoms with Gasteiger partial charge in [-0.3, -0.25) is 9.20 Å². The van der Waals surface area contributed by atoms with Crippen molar-refractivity contribution >= 4 is 21.6 Å². The molecule has 0 aliphatic rings. The van der Waals surface area contributed by atoms with Crippen molar-refractivity contribution in [2.45, 2.75) is 17.9 Å². The average molecular weight is 391 g/mol. The molecule has 8 nitrogen and oxygen atoms in total. The number of hydrogen-bond donors (Lipinski definition) is 1. The van der Waals surface area contributed by atoms with Gasteiger partial charge in [0, 0.05) is 13.2 Å². The summed E-state index contributed by atoms with van der Waals surface area (Å²) in [6, 6.07) is 9.38. The number of rotatable bonds is 6. The first-order valence-electron chi connectivity index (χ1n) is 8.10. The summed E-state index contributed by atoms with van der Waals surface area (Å²) in [7, 11) is -2.62. The van der Waals surface area contributed by atoms with E-state index in [0.717, 1.165) is 28.6 Å². The Kier molecular flexibility index (Phi) is 5.19. The number of hydrogen-bond acceptors (Lipinski definition) is 5. The van der Waals surface area contributed by atoms with Crippen LogP contribution in [0.15, 0.2) is 53.6 Å². The number of benzene rings is 1. The van der Waals surface area contributed by atoms with E-state index in [9.17, 15) is 17.6 Å². The predicted molar refractivity (Wildman–Crippen MR) is 95.8 cm³/mol. The van der Waals surface area contributed by atoms with Crippen molar-refractivity contribution in [1.29, 1.82) is 0 Å². The third-order valence-corrected chi connectivity index (χ3v) is 5.81. The Labute approximate surface area is 155 Å². The van der Waals surface area contributed by atoms with Crippen molar-refractivity contribution < 1.29 is 17.6 Å². The molecule has 2 heterocycles. The quantitative estimate of drug-likeness (QED) is 0.685. The molecule has 3 aromatic rings. The number of fused-ring (bicyclic) bond motifs is 1. The maximum absolute atomic E-state index is 13.0. The number of halogens is 1. The molecule has 1 amide bonds. The second-order valence-electron chi connectivity index (χ2n) is 5.99. The maximum Gasteiger partial charge on any atom is 0.243 e. The molecule has 0 fully saturated rings. The number of pyridine rings is 1. The molecule has 1 unspecified atom stereocenters. The van der Waals surface area contributed by atoms with E-state index in [2.05, 4.69) is 15.5 Å². The lowest BCUT2D eigenvalue weighted by Crippen LogP contribution is -2.39. The molecule has 0 aliphatic heterocycles. The van der Waals surface area contributed by atoms with Gasteiger partial charge in [-0.15, -0.1) is 10.2 Å². The Bertz CT molecular complexity index is 1070. The molecule has 142 valence electrons. The molecule has 0 spiro atoms. The second kappa shape index (κ2) is 7.41. The highest BCUT2D eigenvalue weighted by molar-refractivity contribution is 7.89. The van der Waals surface area contributed by atoms with E-state index in [1.807, 2.05) is 12.1 Å². The van der Waals surface area contributed by atoms with Gasteiger partial charge in [0.05, 0.1) is 17.5 Å². The van der Waals surface area contributed by atoms with Crippen LogP contribution in [0.4, 0.5) is 4.39 Å². The Hall–Kier alpha value is -2.85. The number of nitrogens with zero attached hydrogens (tertiary/aromatic N) is 4. The van der Waals surface area contributed by atoms with Gasteiger partial charge in [-0.1, -0.05) is 6.07 Å². The minimum absolute atomic E-state index is 0.0873. The minimum Gasteiger partial charge on any atom is -0.345 e. The SMILES string of the molecule is CC(NC(=O)CN(C)S(=O)(=O)c1ccc(F)cc1)c1nnc2ccccn12. The molecule has 0 saturated carbocycles. The molecular formula is C17H18FN5O3S. The molecule has 1 atom stereocenters. The van der Waals surface area contributed by atoms with Gasteiger partial charge < -0.3 is 5.32 Å². The highest BCUT2D eigenvalue weighted by atomic mass is 32.2. The van der Waals surface area contributed by atoms with Crippen molar-refractivity contribution in [3.63, 3.8) is 0 Å². The van der Waals surface area contributed by atoms with Crippen LogP contribution in [0, 0.1) is 5.82 Å². The topological polar surface area (TPSA) is 96.7 Å². The summed E-state index contributed by atoms with van der Waals surface area (Å²) in [5.74, 6) is -0.505. The Balaban J connectivity index is 1.68. The summed E-state index contributed by atoms with van der Waals surface area (Å²) in [4.78, 5) is 12.2. The van der Waals surface area contributed by atoms with E-state index in [0.29, 0.717) is 11.5 Å². The molecule has 1 aromatic carbocycles. The summed E-state index contributed by atoms with van der Waals surface area (Å²) in [5.41, 5.74) is 0.643. The van der Waals surface area contributed by atoms with E-state index >= 15 is 0 Å².